The molecule has 1 heterocycles. The molecule has 0 radical (unpaired) electrons. The fourth-order valence-corrected chi connectivity index (χ4v) is 4.79. The van der Waals surface area contributed by atoms with E-state index in [4.69, 9.17) is 16.3 Å². The average molecular weight is 520 g/mol. The molecule has 7 heteroatoms. The number of aliphatic hydroxyl groups excluding tert-OH is 1. The quantitative estimate of drug-likeness (QED) is 0.227. The number of hydrogen-bond acceptors (Lipinski definition) is 5. The molecule has 0 saturated carbocycles. The van der Waals surface area contributed by atoms with Crippen LogP contribution in [0, 0.1) is 0 Å². The van der Waals surface area contributed by atoms with E-state index in [1.807, 2.05) is 39.8 Å². The van der Waals surface area contributed by atoms with Gasteiger partial charge in [-0.25, -0.2) is 0 Å². The van der Waals surface area contributed by atoms with Gasteiger partial charge in [0.05, 0.1) is 23.7 Å². The lowest BCUT2D eigenvalue weighted by atomic mass is 9.84. The lowest BCUT2D eigenvalue weighted by molar-refractivity contribution is -0.132. The minimum atomic E-state index is -0.953. The van der Waals surface area contributed by atoms with Gasteiger partial charge in [0.1, 0.15) is 17.3 Å². The van der Waals surface area contributed by atoms with Crippen LogP contribution in [0.4, 0.5) is 5.69 Å². The molecule has 0 spiro atoms. The summed E-state index contributed by atoms with van der Waals surface area (Å²) in [4.78, 5) is 28.2. The monoisotopic (exact) mass is 519 g/mol. The molecule has 3 aromatic carbocycles. The molecule has 1 atom stereocenters. The van der Waals surface area contributed by atoms with Crippen LogP contribution in [0.3, 0.4) is 0 Å². The zero-order chi connectivity index (χ0) is 27.1. The number of ketones is 1. The van der Waals surface area contributed by atoms with E-state index in [0.717, 1.165) is 17.5 Å². The first-order valence-electron chi connectivity index (χ1n) is 12.0. The summed E-state index contributed by atoms with van der Waals surface area (Å²) in [5.41, 5.74) is 2.94. The third-order valence-corrected chi connectivity index (χ3v) is 6.94. The topological polar surface area (TPSA) is 87.1 Å². The number of methoxy groups -OCH3 is 1. The zero-order valence-electron chi connectivity index (χ0n) is 21.5. The van der Waals surface area contributed by atoms with Gasteiger partial charge in [-0.05, 0) is 65.4 Å². The Bertz CT molecular complexity index is 1400. The molecule has 0 bridgehead atoms. The number of aryl methyl sites for hydroxylation is 1. The van der Waals surface area contributed by atoms with E-state index in [1.165, 1.54) is 17.0 Å². The van der Waals surface area contributed by atoms with Gasteiger partial charge < -0.3 is 14.9 Å². The summed E-state index contributed by atoms with van der Waals surface area (Å²) < 4.78 is 5.51. The lowest BCUT2D eigenvalue weighted by Gasteiger charge is -2.26. The van der Waals surface area contributed by atoms with Crippen molar-refractivity contribution in [3.63, 3.8) is 0 Å². The van der Waals surface area contributed by atoms with Crippen molar-refractivity contribution in [2.45, 2.75) is 45.6 Å². The lowest BCUT2D eigenvalue weighted by Crippen LogP contribution is -2.29. The van der Waals surface area contributed by atoms with Gasteiger partial charge in [0.15, 0.2) is 0 Å². The second kappa shape index (κ2) is 9.94. The molecule has 1 amide bonds. The highest BCUT2D eigenvalue weighted by Gasteiger charge is 2.47. The number of anilines is 1. The maximum Gasteiger partial charge on any atom is 0.300 e. The van der Waals surface area contributed by atoms with Crippen LogP contribution in [0.25, 0.3) is 5.76 Å². The maximum atomic E-state index is 13.5. The van der Waals surface area contributed by atoms with Crippen molar-refractivity contribution >= 4 is 34.7 Å². The number of ether oxygens (including phenoxy) is 1. The molecule has 1 saturated heterocycles. The Morgan fingerprint density at radius 2 is 1.70 bits per heavy atom. The van der Waals surface area contributed by atoms with E-state index in [9.17, 15) is 19.8 Å². The molecule has 192 valence electrons. The Hall–Kier alpha value is -3.77. The second-order valence-electron chi connectivity index (χ2n) is 10.1. The number of carbonyl (C=O) groups is 2. The van der Waals surface area contributed by atoms with E-state index in [1.54, 1.807) is 43.5 Å². The third kappa shape index (κ3) is 4.81. The van der Waals surface area contributed by atoms with Gasteiger partial charge in [-0.15, -0.1) is 0 Å². The average Bonchev–Trinajstić information content (AvgIpc) is 3.14. The molecule has 3 aromatic rings. The van der Waals surface area contributed by atoms with Crippen molar-refractivity contribution in [3.8, 4) is 11.5 Å². The summed E-state index contributed by atoms with van der Waals surface area (Å²) in [6.45, 7) is 8.09. The molecule has 0 aliphatic carbocycles. The predicted octanol–water partition coefficient (Wildman–Crippen LogP) is 6.54. The van der Waals surface area contributed by atoms with E-state index >= 15 is 0 Å². The van der Waals surface area contributed by atoms with Gasteiger partial charge >= 0.3 is 0 Å². The molecular formula is C30H30ClNO5. The zero-order valence-corrected chi connectivity index (χ0v) is 22.3. The summed E-state index contributed by atoms with van der Waals surface area (Å²) >= 11 is 6.22. The van der Waals surface area contributed by atoms with Crippen LogP contribution in [0.2, 0.25) is 5.02 Å². The third-order valence-electron chi connectivity index (χ3n) is 6.64. The molecule has 37 heavy (non-hydrogen) atoms. The fourth-order valence-electron chi connectivity index (χ4n) is 4.60. The number of halogens is 1. The van der Waals surface area contributed by atoms with Crippen LogP contribution < -0.4 is 9.64 Å². The number of aliphatic hydroxyl groups is 1. The molecule has 4 rings (SSSR count). The smallest absolute Gasteiger partial charge is 0.300 e. The van der Waals surface area contributed by atoms with Gasteiger partial charge in [-0.3, -0.25) is 14.5 Å². The van der Waals surface area contributed by atoms with Crippen molar-refractivity contribution in [3.05, 3.63) is 93.5 Å². The van der Waals surface area contributed by atoms with Gasteiger partial charge in [0.25, 0.3) is 11.7 Å². The Labute approximate surface area is 221 Å². The summed E-state index contributed by atoms with van der Waals surface area (Å²) in [5, 5.41) is 21.6. The molecular weight excluding hydrogens is 490 g/mol. The highest BCUT2D eigenvalue weighted by atomic mass is 35.5. The Kier molecular flexibility index (Phi) is 7.07. The molecule has 1 unspecified atom stereocenters. The van der Waals surface area contributed by atoms with E-state index in [-0.39, 0.29) is 27.5 Å². The highest BCUT2D eigenvalue weighted by Crippen LogP contribution is 2.44. The summed E-state index contributed by atoms with van der Waals surface area (Å²) in [5.74, 6) is -1.33. The molecule has 1 aliphatic rings. The van der Waals surface area contributed by atoms with E-state index in [2.05, 4.69) is 0 Å². The number of phenolic OH excluding ortho intramolecular Hbond substituents is 1. The Morgan fingerprint density at radius 1 is 1.03 bits per heavy atom. The number of benzene rings is 3. The number of Topliss-reactive ketones (excluding diaryl/α,β-unsaturated/α-hetero) is 1. The largest absolute Gasteiger partial charge is 0.507 e. The maximum absolute atomic E-state index is 13.5. The van der Waals surface area contributed by atoms with Crippen LogP contribution >= 0.6 is 11.6 Å². The molecule has 1 fully saturated rings. The summed E-state index contributed by atoms with van der Waals surface area (Å²) in [6, 6.07) is 16.1. The number of rotatable bonds is 5. The molecule has 0 aromatic heterocycles. The minimum Gasteiger partial charge on any atom is -0.507 e. The van der Waals surface area contributed by atoms with Crippen molar-refractivity contribution in [2.75, 3.05) is 12.0 Å². The first-order chi connectivity index (χ1) is 17.5. The van der Waals surface area contributed by atoms with Gasteiger partial charge in [-0.2, -0.15) is 0 Å². The van der Waals surface area contributed by atoms with Gasteiger partial charge in [0, 0.05) is 16.8 Å². The first kappa shape index (κ1) is 26.3. The molecule has 6 nitrogen and oxygen atoms in total. The SMILES string of the molecule is CCc1ccc(N2C(=O)C(=O)/C(=C(\O)c3ccc(OC)c(C(C)(C)C)c3)C2c2ccc(O)c(Cl)c2)cc1. The second-order valence-corrected chi connectivity index (χ2v) is 10.5. The number of hydrogen-bond donors (Lipinski definition) is 2. The summed E-state index contributed by atoms with van der Waals surface area (Å²) in [6.07, 6.45) is 0.823. The number of nitrogens with zero attached hydrogens (tertiary/aromatic N) is 1. The Morgan fingerprint density at radius 3 is 2.27 bits per heavy atom. The van der Waals surface area contributed by atoms with Crippen molar-refractivity contribution in [1.82, 2.24) is 0 Å². The van der Waals surface area contributed by atoms with Crippen molar-refractivity contribution in [1.29, 1.82) is 0 Å². The van der Waals surface area contributed by atoms with Crippen LogP contribution in [0.15, 0.2) is 66.2 Å². The Balaban J connectivity index is 1.96. The number of aromatic hydroxyl groups is 1. The minimum absolute atomic E-state index is 0.0589. The van der Waals surface area contributed by atoms with Crippen LogP contribution in [0.1, 0.15) is 56.0 Å². The number of phenols is 1. The molecule has 1 aliphatic heterocycles. The van der Waals surface area contributed by atoms with E-state index < -0.39 is 17.7 Å². The number of carbonyl (C=O) groups excluding carboxylic acids is 2. The number of amides is 1. The van der Waals surface area contributed by atoms with Gasteiger partial charge in [0.2, 0.25) is 0 Å². The van der Waals surface area contributed by atoms with Gasteiger partial charge in [-0.1, -0.05) is 57.5 Å². The standard InChI is InChI=1S/C30H30ClNO5/c1-6-17-7-11-20(12-8-17)32-26(18-9-13-23(33)22(31)16-18)25(28(35)29(32)36)27(34)19-10-14-24(37-5)21(15-19)30(2,3)4/h7-16,26,33-34H,6H2,1-5H3/b27-25-. The molecule has 2 N–H and O–H groups in total. The normalized spacial score (nSPS) is 17.4. The van der Waals surface area contributed by atoms with Crippen LogP contribution in [-0.4, -0.2) is 29.0 Å². The van der Waals surface area contributed by atoms with E-state index in [0.29, 0.717) is 22.6 Å². The predicted molar refractivity (Wildman–Crippen MR) is 145 cm³/mol. The van der Waals surface area contributed by atoms with Crippen LogP contribution in [-0.2, 0) is 21.4 Å². The first-order valence-corrected chi connectivity index (χ1v) is 12.4. The highest BCUT2D eigenvalue weighted by molar-refractivity contribution is 6.51. The van der Waals surface area contributed by atoms with Crippen molar-refractivity contribution in [2.24, 2.45) is 0 Å². The van der Waals surface area contributed by atoms with Crippen molar-refractivity contribution < 1.29 is 24.5 Å². The summed E-state index contributed by atoms with van der Waals surface area (Å²) in [7, 11) is 1.58. The van der Waals surface area contributed by atoms with Crippen LogP contribution in [0.5, 0.6) is 11.5 Å². The fraction of sp³-hybridized carbons (Fsp3) is 0.267.